The summed E-state index contributed by atoms with van der Waals surface area (Å²) in [7, 11) is 1.78. The molecule has 6 nitrogen and oxygen atoms in total. The monoisotopic (exact) mass is 476 g/mol. The number of halogens is 1. The number of nitrogens with one attached hydrogen (secondary N) is 2. The van der Waals surface area contributed by atoms with Gasteiger partial charge in [-0.25, -0.2) is 9.67 Å². The Morgan fingerprint density at radius 1 is 1.04 bits per heavy atom. The van der Waals surface area contributed by atoms with Crippen molar-refractivity contribution in [2.24, 2.45) is 4.99 Å². The van der Waals surface area contributed by atoms with Crippen molar-refractivity contribution in [3.63, 3.8) is 0 Å². The molecule has 27 heavy (non-hydrogen) atoms. The maximum absolute atomic E-state index is 4.35. The van der Waals surface area contributed by atoms with Crippen LogP contribution in [0.5, 0.6) is 0 Å². The smallest absolute Gasteiger partial charge is 0.191 e. The maximum atomic E-state index is 4.35. The first-order valence-corrected chi connectivity index (χ1v) is 8.76. The third kappa shape index (κ3) is 5.78. The molecule has 0 fully saturated rings. The van der Waals surface area contributed by atoms with Crippen LogP contribution in [0.25, 0.3) is 5.82 Å². The van der Waals surface area contributed by atoms with Crippen molar-refractivity contribution in [3.8, 4) is 5.82 Å². The minimum Gasteiger partial charge on any atom is -0.352 e. The van der Waals surface area contributed by atoms with Gasteiger partial charge in [0.25, 0.3) is 0 Å². The molecule has 0 radical (unpaired) electrons. The zero-order valence-electron chi connectivity index (χ0n) is 15.6. The van der Waals surface area contributed by atoms with Gasteiger partial charge in [-0.1, -0.05) is 31.2 Å². The number of hydrogen-bond donors (Lipinski definition) is 2. The van der Waals surface area contributed by atoms with Crippen molar-refractivity contribution in [1.29, 1.82) is 0 Å². The van der Waals surface area contributed by atoms with Crippen LogP contribution in [0.1, 0.15) is 23.6 Å². The fourth-order valence-corrected chi connectivity index (χ4v) is 2.76. The normalized spacial score (nSPS) is 11.0. The summed E-state index contributed by atoms with van der Waals surface area (Å²) in [5, 5.41) is 10.9. The Kier molecular flexibility index (Phi) is 8.25. The summed E-state index contributed by atoms with van der Waals surface area (Å²) >= 11 is 0. The summed E-state index contributed by atoms with van der Waals surface area (Å²) in [6.45, 7) is 3.58. The van der Waals surface area contributed by atoms with Gasteiger partial charge < -0.3 is 10.6 Å². The second-order valence-electron chi connectivity index (χ2n) is 5.87. The van der Waals surface area contributed by atoms with Gasteiger partial charge in [0.1, 0.15) is 0 Å². The lowest BCUT2D eigenvalue weighted by Crippen LogP contribution is -2.36. The molecule has 3 aromatic rings. The fourth-order valence-electron chi connectivity index (χ4n) is 2.76. The Morgan fingerprint density at radius 3 is 2.52 bits per heavy atom. The minimum atomic E-state index is 0. The van der Waals surface area contributed by atoms with E-state index in [9.17, 15) is 0 Å². The number of pyridine rings is 1. The molecule has 0 unspecified atom stereocenters. The molecule has 142 valence electrons. The van der Waals surface area contributed by atoms with Crippen LogP contribution >= 0.6 is 24.0 Å². The van der Waals surface area contributed by atoms with Crippen LogP contribution in [-0.2, 0) is 19.5 Å². The van der Waals surface area contributed by atoms with E-state index < -0.39 is 0 Å². The van der Waals surface area contributed by atoms with Crippen LogP contribution in [0.4, 0.5) is 0 Å². The third-order valence-corrected chi connectivity index (χ3v) is 4.18. The first-order chi connectivity index (χ1) is 12.8. The summed E-state index contributed by atoms with van der Waals surface area (Å²) < 4.78 is 1.75. The average Bonchev–Trinajstić information content (AvgIpc) is 3.23. The SMILES string of the molecule is CCc1ccccc1CNC(=NC)NCc1ccnc(-n2cccn2)c1.I. The van der Waals surface area contributed by atoms with E-state index in [1.165, 1.54) is 11.1 Å². The first kappa shape index (κ1) is 20.9. The van der Waals surface area contributed by atoms with Crippen molar-refractivity contribution >= 4 is 29.9 Å². The Balaban J connectivity index is 0.00000261. The number of guanidine groups is 1. The molecule has 3 rings (SSSR count). The van der Waals surface area contributed by atoms with Crippen LogP contribution in [0, 0.1) is 0 Å². The highest BCUT2D eigenvalue weighted by molar-refractivity contribution is 14.0. The molecular formula is C20H25IN6. The molecule has 0 bridgehead atoms. The quantitative estimate of drug-likeness (QED) is 0.326. The predicted octanol–water partition coefficient (Wildman–Crippen LogP) is 3.31. The van der Waals surface area contributed by atoms with Gasteiger partial charge in [-0.2, -0.15) is 5.10 Å². The second kappa shape index (κ2) is 10.7. The van der Waals surface area contributed by atoms with E-state index in [1.54, 1.807) is 24.1 Å². The largest absolute Gasteiger partial charge is 0.352 e. The van der Waals surface area contributed by atoms with Gasteiger partial charge in [0, 0.05) is 38.7 Å². The summed E-state index contributed by atoms with van der Waals surface area (Å²) in [5.74, 6) is 1.57. The first-order valence-electron chi connectivity index (χ1n) is 8.76. The number of aromatic nitrogens is 3. The van der Waals surface area contributed by atoms with Crippen molar-refractivity contribution in [1.82, 2.24) is 25.4 Å². The van der Waals surface area contributed by atoms with Gasteiger partial charge >= 0.3 is 0 Å². The number of aryl methyl sites for hydroxylation is 1. The number of hydrogen-bond acceptors (Lipinski definition) is 3. The van der Waals surface area contributed by atoms with Crippen molar-refractivity contribution in [3.05, 3.63) is 77.7 Å². The van der Waals surface area contributed by atoms with E-state index in [0.717, 1.165) is 30.3 Å². The molecule has 0 aliphatic carbocycles. The van der Waals surface area contributed by atoms with Crippen molar-refractivity contribution < 1.29 is 0 Å². The van der Waals surface area contributed by atoms with Crippen LogP contribution in [0.3, 0.4) is 0 Å². The van der Waals surface area contributed by atoms with Crippen LogP contribution in [0.15, 0.2) is 66.0 Å². The summed E-state index contributed by atoms with van der Waals surface area (Å²) in [5.41, 5.74) is 3.76. The molecule has 2 heterocycles. The lowest BCUT2D eigenvalue weighted by Gasteiger charge is -2.14. The van der Waals surface area contributed by atoms with E-state index in [1.807, 2.05) is 24.4 Å². The molecule has 7 heteroatoms. The summed E-state index contributed by atoms with van der Waals surface area (Å²) in [4.78, 5) is 8.66. The van der Waals surface area contributed by atoms with Crippen LogP contribution in [0.2, 0.25) is 0 Å². The van der Waals surface area contributed by atoms with Gasteiger partial charge in [0.05, 0.1) is 0 Å². The predicted molar refractivity (Wildman–Crippen MR) is 120 cm³/mol. The Labute approximate surface area is 177 Å². The van der Waals surface area contributed by atoms with Gasteiger partial charge in [0.2, 0.25) is 0 Å². The lowest BCUT2D eigenvalue weighted by molar-refractivity contribution is 0.795. The molecule has 0 amide bonds. The van der Waals surface area contributed by atoms with E-state index in [0.29, 0.717) is 6.54 Å². The molecule has 0 saturated heterocycles. The second-order valence-corrected chi connectivity index (χ2v) is 5.87. The van der Waals surface area contributed by atoms with Crippen molar-refractivity contribution in [2.45, 2.75) is 26.4 Å². The standard InChI is InChI=1S/C20H24N6.HI/c1-3-17-7-4-5-8-18(17)15-24-20(21-2)23-14-16-9-11-22-19(13-16)26-12-6-10-25-26;/h4-13H,3,14-15H2,1-2H3,(H2,21,23,24);1H. The number of rotatable bonds is 6. The molecule has 1 aromatic carbocycles. The van der Waals surface area contributed by atoms with Gasteiger partial charge in [-0.05, 0) is 41.3 Å². The molecule has 0 aliphatic heterocycles. The fraction of sp³-hybridized carbons (Fsp3) is 0.250. The third-order valence-electron chi connectivity index (χ3n) is 4.18. The van der Waals surface area contributed by atoms with Gasteiger partial charge in [0.15, 0.2) is 11.8 Å². The molecule has 0 atom stereocenters. The zero-order chi connectivity index (χ0) is 18.2. The van der Waals surface area contributed by atoms with E-state index in [-0.39, 0.29) is 24.0 Å². The Morgan fingerprint density at radius 2 is 1.81 bits per heavy atom. The summed E-state index contributed by atoms with van der Waals surface area (Å²) in [6, 6.07) is 14.3. The molecule has 2 aromatic heterocycles. The molecule has 2 N–H and O–H groups in total. The van der Waals surface area contributed by atoms with E-state index in [4.69, 9.17) is 0 Å². The van der Waals surface area contributed by atoms with Crippen LogP contribution < -0.4 is 10.6 Å². The minimum absolute atomic E-state index is 0. The number of nitrogens with zero attached hydrogens (tertiary/aromatic N) is 4. The topological polar surface area (TPSA) is 67.1 Å². The number of aliphatic imine (C=N–C) groups is 1. The van der Waals surface area contributed by atoms with E-state index >= 15 is 0 Å². The summed E-state index contributed by atoms with van der Waals surface area (Å²) in [6.07, 6.45) is 6.44. The van der Waals surface area contributed by atoms with Gasteiger partial charge in [-0.15, -0.1) is 24.0 Å². The van der Waals surface area contributed by atoms with E-state index in [2.05, 4.69) is 56.9 Å². The highest BCUT2D eigenvalue weighted by Crippen LogP contribution is 2.09. The van der Waals surface area contributed by atoms with Gasteiger partial charge in [-0.3, -0.25) is 4.99 Å². The maximum Gasteiger partial charge on any atom is 0.191 e. The zero-order valence-corrected chi connectivity index (χ0v) is 17.9. The molecule has 0 aliphatic rings. The van der Waals surface area contributed by atoms with Crippen LogP contribution in [-0.4, -0.2) is 27.8 Å². The highest BCUT2D eigenvalue weighted by atomic mass is 127. The average molecular weight is 476 g/mol. The Bertz CT molecular complexity index is 860. The van der Waals surface area contributed by atoms with Crippen molar-refractivity contribution in [2.75, 3.05) is 7.05 Å². The lowest BCUT2D eigenvalue weighted by atomic mass is 10.1. The highest BCUT2D eigenvalue weighted by Gasteiger charge is 2.04. The molecule has 0 saturated carbocycles. The number of benzene rings is 1. The molecular weight excluding hydrogens is 451 g/mol. The molecule has 0 spiro atoms. The Hall–Kier alpha value is -2.42.